The zero-order valence-corrected chi connectivity index (χ0v) is 12.5. The largest absolute Gasteiger partial charge is 0.462 e. The number of hydrogen-bond donors (Lipinski definition) is 0. The van der Waals surface area contributed by atoms with Gasteiger partial charge in [-0.3, -0.25) is 0 Å². The van der Waals surface area contributed by atoms with Crippen LogP contribution in [0.4, 0.5) is 0 Å². The van der Waals surface area contributed by atoms with Gasteiger partial charge in [-0.15, -0.1) is 23.2 Å². The Morgan fingerprint density at radius 1 is 1.10 bits per heavy atom. The number of alkyl halides is 2. The van der Waals surface area contributed by atoms with Crippen LogP contribution in [0.1, 0.15) is 27.7 Å². The molecule has 2 nitrogen and oxygen atoms in total. The van der Waals surface area contributed by atoms with E-state index in [-0.39, 0.29) is 5.97 Å². The first-order valence-corrected chi connectivity index (χ1v) is 7.15. The van der Waals surface area contributed by atoms with Gasteiger partial charge in [-0.1, -0.05) is 36.4 Å². The molecule has 0 atom stereocenters. The van der Waals surface area contributed by atoms with Gasteiger partial charge in [-0.05, 0) is 35.7 Å². The van der Waals surface area contributed by atoms with Crippen LogP contribution < -0.4 is 0 Å². The van der Waals surface area contributed by atoms with E-state index in [9.17, 15) is 4.79 Å². The van der Waals surface area contributed by atoms with Crippen molar-refractivity contribution in [3.8, 4) is 11.1 Å². The molecule has 0 heterocycles. The third kappa shape index (κ3) is 3.33. The second kappa shape index (κ2) is 6.78. The highest BCUT2D eigenvalue weighted by Crippen LogP contribution is 2.33. The van der Waals surface area contributed by atoms with E-state index in [1.54, 1.807) is 19.1 Å². The van der Waals surface area contributed by atoms with Crippen LogP contribution in [-0.4, -0.2) is 12.6 Å². The quantitative estimate of drug-likeness (QED) is 0.586. The van der Waals surface area contributed by atoms with Gasteiger partial charge in [0.25, 0.3) is 0 Å². The fraction of sp³-hybridized carbons (Fsp3) is 0.188. The zero-order chi connectivity index (χ0) is 14.5. The van der Waals surface area contributed by atoms with Crippen LogP contribution in [0.2, 0.25) is 0 Å². The lowest BCUT2D eigenvalue weighted by Crippen LogP contribution is -2.04. The molecule has 0 amide bonds. The van der Waals surface area contributed by atoms with Gasteiger partial charge in [0.15, 0.2) is 0 Å². The van der Waals surface area contributed by atoms with Gasteiger partial charge < -0.3 is 4.74 Å². The van der Waals surface area contributed by atoms with E-state index in [4.69, 9.17) is 27.9 Å². The highest BCUT2D eigenvalue weighted by Gasteiger charge is 2.12. The average molecular weight is 309 g/mol. The Kier molecular flexibility index (Phi) is 5.05. The number of hydrogen-bond acceptors (Lipinski definition) is 2. The minimum atomic E-state index is -0.587. The van der Waals surface area contributed by atoms with Crippen LogP contribution in [0.15, 0.2) is 48.5 Å². The Labute approximate surface area is 128 Å². The van der Waals surface area contributed by atoms with Crippen molar-refractivity contribution in [2.45, 2.75) is 11.8 Å². The first kappa shape index (κ1) is 14.9. The molecule has 0 bridgehead atoms. The smallest absolute Gasteiger partial charge is 0.338 e. The van der Waals surface area contributed by atoms with E-state index in [1.807, 2.05) is 36.4 Å². The van der Waals surface area contributed by atoms with Gasteiger partial charge in [-0.2, -0.15) is 0 Å². The van der Waals surface area contributed by atoms with E-state index in [0.29, 0.717) is 12.2 Å². The molecular weight excluding hydrogens is 295 g/mol. The molecule has 0 aliphatic rings. The maximum atomic E-state index is 11.6. The lowest BCUT2D eigenvalue weighted by molar-refractivity contribution is 0.0526. The molecule has 0 spiro atoms. The van der Waals surface area contributed by atoms with Crippen LogP contribution >= 0.6 is 23.2 Å². The van der Waals surface area contributed by atoms with Crippen molar-refractivity contribution in [3.05, 3.63) is 59.7 Å². The van der Waals surface area contributed by atoms with Crippen molar-refractivity contribution in [3.63, 3.8) is 0 Å². The number of halogens is 2. The Morgan fingerprint density at radius 2 is 1.75 bits per heavy atom. The molecule has 2 aromatic rings. The topological polar surface area (TPSA) is 26.3 Å². The van der Waals surface area contributed by atoms with Crippen LogP contribution in [0, 0.1) is 0 Å². The van der Waals surface area contributed by atoms with Crippen LogP contribution in [0.25, 0.3) is 11.1 Å². The maximum absolute atomic E-state index is 11.6. The van der Waals surface area contributed by atoms with Crippen molar-refractivity contribution in [1.82, 2.24) is 0 Å². The molecule has 2 aromatic carbocycles. The number of carbonyl (C=O) groups is 1. The highest BCUT2D eigenvalue weighted by atomic mass is 35.5. The van der Waals surface area contributed by atoms with E-state index >= 15 is 0 Å². The van der Waals surface area contributed by atoms with Crippen molar-refractivity contribution in [1.29, 1.82) is 0 Å². The van der Waals surface area contributed by atoms with E-state index in [1.165, 1.54) is 0 Å². The molecule has 0 saturated carbocycles. The first-order valence-electron chi connectivity index (χ1n) is 6.28. The summed E-state index contributed by atoms with van der Waals surface area (Å²) in [6, 6.07) is 14.9. The van der Waals surface area contributed by atoms with Gasteiger partial charge in [0.2, 0.25) is 0 Å². The van der Waals surface area contributed by atoms with Crippen LogP contribution in [0.3, 0.4) is 0 Å². The van der Waals surface area contributed by atoms with E-state index in [0.717, 1.165) is 16.7 Å². The summed E-state index contributed by atoms with van der Waals surface area (Å²) in [5.41, 5.74) is 3.29. The zero-order valence-electron chi connectivity index (χ0n) is 11.0. The summed E-state index contributed by atoms with van der Waals surface area (Å²) in [7, 11) is 0. The number of benzene rings is 2. The molecule has 0 aromatic heterocycles. The van der Waals surface area contributed by atoms with Crippen molar-refractivity contribution in [2.24, 2.45) is 0 Å². The molecule has 0 N–H and O–H groups in total. The van der Waals surface area contributed by atoms with Gasteiger partial charge in [-0.25, -0.2) is 4.79 Å². The number of carbonyl (C=O) groups excluding carboxylic acids is 1. The third-order valence-electron chi connectivity index (χ3n) is 2.90. The van der Waals surface area contributed by atoms with Gasteiger partial charge in [0.1, 0.15) is 4.84 Å². The highest BCUT2D eigenvalue weighted by molar-refractivity contribution is 6.44. The van der Waals surface area contributed by atoms with E-state index < -0.39 is 4.84 Å². The molecule has 0 aliphatic heterocycles. The molecular formula is C16H14Cl2O2. The predicted octanol–water partition coefficient (Wildman–Crippen LogP) is 5.01. The Hall–Kier alpha value is -1.51. The maximum Gasteiger partial charge on any atom is 0.338 e. The summed E-state index contributed by atoms with van der Waals surface area (Å²) >= 11 is 11.9. The lowest BCUT2D eigenvalue weighted by Gasteiger charge is -2.10. The van der Waals surface area contributed by atoms with Gasteiger partial charge in [0, 0.05) is 0 Å². The third-order valence-corrected chi connectivity index (χ3v) is 3.37. The fourth-order valence-corrected chi connectivity index (χ4v) is 2.33. The van der Waals surface area contributed by atoms with Crippen molar-refractivity contribution in [2.75, 3.05) is 6.61 Å². The molecule has 4 heteroatoms. The molecule has 0 fully saturated rings. The summed E-state index contributed by atoms with van der Waals surface area (Å²) in [5, 5.41) is 0. The second-order valence-electron chi connectivity index (χ2n) is 4.19. The van der Waals surface area contributed by atoms with E-state index in [2.05, 4.69) is 0 Å². The summed E-state index contributed by atoms with van der Waals surface area (Å²) in [6.07, 6.45) is 0. The number of rotatable bonds is 4. The Balaban J connectivity index is 2.33. The Bertz CT molecular complexity index is 592. The van der Waals surface area contributed by atoms with Crippen LogP contribution in [0.5, 0.6) is 0 Å². The van der Waals surface area contributed by atoms with Crippen LogP contribution in [-0.2, 0) is 4.74 Å². The van der Waals surface area contributed by atoms with Crippen molar-refractivity contribution < 1.29 is 9.53 Å². The minimum Gasteiger partial charge on any atom is -0.462 e. The SMILES string of the molecule is CCOC(=O)c1ccc(-c2ccccc2C(Cl)Cl)cc1. The summed E-state index contributed by atoms with van der Waals surface area (Å²) in [4.78, 5) is 11.0. The monoisotopic (exact) mass is 308 g/mol. The number of ether oxygens (including phenoxy) is 1. The normalized spacial score (nSPS) is 10.6. The predicted molar refractivity (Wildman–Crippen MR) is 82.3 cm³/mol. The first-order chi connectivity index (χ1) is 9.63. The minimum absolute atomic E-state index is 0.320. The number of esters is 1. The molecule has 20 heavy (non-hydrogen) atoms. The van der Waals surface area contributed by atoms with Crippen molar-refractivity contribution >= 4 is 29.2 Å². The summed E-state index contributed by atoms with van der Waals surface area (Å²) in [6.45, 7) is 2.15. The molecule has 0 saturated heterocycles. The molecule has 0 aliphatic carbocycles. The molecule has 0 unspecified atom stereocenters. The van der Waals surface area contributed by atoms with Gasteiger partial charge >= 0.3 is 5.97 Å². The fourth-order valence-electron chi connectivity index (χ4n) is 1.95. The molecule has 104 valence electrons. The molecule has 2 rings (SSSR count). The lowest BCUT2D eigenvalue weighted by atomic mass is 9.99. The van der Waals surface area contributed by atoms with Gasteiger partial charge in [0.05, 0.1) is 12.2 Å². The summed E-state index contributed by atoms with van der Waals surface area (Å²) < 4.78 is 4.95. The summed E-state index contributed by atoms with van der Waals surface area (Å²) in [5.74, 6) is -0.320. The molecule has 0 radical (unpaired) electrons. The average Bonchev–Trinajstić information content (AvgIpc) is 2.47. The Morgan fingerprint density at radius 3 is 2.35 bits per heavy atom. The second-order valence-corrected chi connectivity index (χ2v) is 5.28. The standard InChI is InChI=1S/C16H14Cl2O2/c1-2-20-16(19)12-9-7-11(8-10-12)13-5-3-4-6-14(13)15(17)18/h3-10,15H,2H2,1H3.